The van der Waals surface area contributed by atoms with Crippen LogP contribution in [0.3, 0.4) is 0 Å². The Balaban J connectivity index is 1.85. The summed E-state index contributed by atoms with van der Waals surface area (Å²) in [5, 5.41) is 11.9. The van der Waals surface area contributed by atoms with Gasteiger partial charge < -0.3 is 10.4 Å². The van der Waals surface area contributed by atoms with Crippen LogP contribution in [0.1, 0.15) is 32.1 Å². The van der Waals surface area contributed by atoms with Crippen molar-refractivity contribution < 1.29 is 9.90 Å². The minimum atomic E-state index is -0.681. The molecular weight excluding hydrogens is 210 g/mol. The molecule has 88 valence electrons. The number of hydrogen-bond acceptors (Lipinski definition) is 3. The third kappa shape index (κ3) is 6.79. The molecule has 0 unspecified atom stereocenters. The molecule has 0 aliphatic carbocycles. The molecule has 2 N–H and O–H groups in total. The molecule has 0 aromatic rings. The lowest BCUT2D eigenvalue weighted by atomic mass is 10.0. The van der Waals surface area contributed by atoms with E-state index in [9.17, 15) is 4.79 Å². The molecular formula is C11H21NO2S. The van der Waals surface area contributed by atoms with Crippen LogP contribution in [0.5, 0.6) is 0 Å². The van der Waals surface area contributed by atoms with Crippen molar-refractivity contribution in [2.45, 2.75) is 32.1 Å². The molecule has 3 nitrogen and oxygen atoms in total. The molecule has 15 heavy (non-hydrogen) atoms. The molecule has 4 heteroatoms. The highest BCUT2D eigenvalue weighted by Gasteiger charge is 2.12. The van der Waals surface area contributed by atoms with E-state index in [1.54, 1.807) is 0 Å². The van der Waals surface area contributed by atoms with Gasteiger partial charge in [0.05, 0.1) is 0 Å². The quantitative estimate of drug-likeness (QED) is 0.658. The van der Waals surface area contributed by atoms with Crippen molar-refractivity contribution in [3.05, 3.63) is 0 Å². The van der Waals surface area contributed by atoms with Gasteiger partial charge >= 0.3 is 5.97 Å². The summed E-state index contributed by atoms with van der Waals surface area (Å²) in [4.78, 5) is 10.3. The Bertz CT molecular complexity index is 181. The molecule has 1 aliphatic heterocycles. The summed E-state index contributed by atoms with van der Waals surface area (Å²) in [5.74, 6) is 2.79. The van der Waals surface area contributed by atoms with Gasteiger partial charge in [-0.15, -0.1) is 0 Å². The van der Waals surface area contributed by atoms with Crippen LogP contribution in [0.2, 0.25) is 0 Å². The van der Waals surface area contributed by atoms with Crippen LogP contribution in [0.25, 0.3) is 0 Å². The van der Waals surface area contributed by atoms with E-state index in [1.807, 2.05) is 0 Å². The third-order valence-electron chi connectivity index (χ3n) is 2.77. The second-order valence-electron chi connectivity index (χ2n) is 4.11. The average Bonchev–Trinajstić information content (AvgIpc) is 2.24. The van der Waals surface area contributed by atoms with Crippen molar-refractivity contribution in [2.24, 2.45) is 5.92 Å². The van der Waals surface area contributed by atoms with Gasteiger partial charge in [0.2, 0.25) is 0 Å². The Morgan fingerprint density at radius 1 is 1.33 bits per heavy atom. The molecule has 1 saturated heterocycles. The first kappa shape index (κ1) is 12.8. The summed E-state index contributed by atoms with van der Waals surface area (Å²) < 4.78 is 0. The summed E-state index contributed by atoms with van der Waals surface area (Å²) in [6.45, 7) is 2.09. The predicted molar refractivity (Wildman–Crippen MR) is 64.4 cm³/mol. The van der Waals surface area contributed by atoms with Gasteiger partial charge in [-0.1, -0.05) is 0 Å². The van der Waals surface area contributed by atoms with E-state index in [1.165, 1.54) is 24.3 Å². The number of nitrogens with one attached hydrogen (secondary N) is 1. The van der Waals surface area contributed by atoms with Crippen molar-refractivity contribution in [1.82, 2.24) is 5.32 Å². The minimum Gasteiger partial charge on any atom is -0.481 e. The van der Waals surface area contributed by atoms with Crippen molar-refractivity contribution in [2.75, 3.05) is 24.6 Å². The number of unbranched alkanes of at least 4 members (excludes halogenated alkanes) is 1. The first-order chi connectivity index (χ1) is 7.29. The normalized spacial score (nSPS) is 17.9. The first-order valence-electron chi connectivity index (χ1n) is 5.79. The first-order valence-corrected chi connectivity index (χ1v) is 6.95. The maximum atomic E-state index is 10.3. The molecule has 0 saturated carbocycles. The molecule has 1 aliphatic rings. The molecule has 1 fully saturated rings. The van der Waals surface area contributed by atoms with Gasteiger partial charge in [0.1, 0.15) is 0 Å². The second-order valence-corrected chi connectivity index (χ2v) is 5.34. The number of carboxylic acids is 1. The van der Waals surface area contributed by atoms with Crippen LogP contribution in [0, 0.1) is 5.92 Å². The molecule has 0 spiro atoms. The smallest absolute Gasteiger partial charge is 0.303 e. The van der Waals surface area contributed by atoms with E-state index in [4.69, 9.17) is 5.11 Å². The van der Waals surface area contributed by atoms with Crippen LogP contribution >= 0.6 is 11.8 Å². The van der Waals surface area contributed by atoms with E-state index in [0.717, 1.165) is 31.8 Å². The van der Waals surface area contributed by atoms with Gasteiger partial charge in [0.25, 0.3) is 0 Å². The molecule has 0 radical (unpaired) electrons. The Morgan fingerprint density at radius 3 is 2.73 bits per heavy atom. The highest BCUT2D eigenvalue weighted by molar-refractivity contribution is 7.99. The van der Waals surface area contributed by atoms with Gasteiger partial charge in [-0.05, 0) is 56.2 Å². The second kappa shape index (κ2) is 7.99. The zero-order chi connectivity index (χ0) is 10.9. The lowest BCUT2D eigenvalue weighted by Crippen LogP contribution is -2.26. The zero-order valence-corrected chi connectivity index (χ0v) is 10.0. The fourth-order valence-corrected chi connectivity index (χ4v) is 2.99. The predicted octanol–water partition coefficient (Wildman–Crippen LogP) is 1.97. The van der Waals surface area contributed by atoms with E-state index in [2.05, 4.69) is 17.1 Å². The van der Waals surface area contributed by atoms with Gasteiger partial charge in [-0.2, -0.15) is 11.8 Å². The van der Waals surface area contributed by atoms with Gasteiger partial charge in [0.15, 0.2) is 0 Å². The van der Waals surface area contributed by atoms with E-state index < -0.39 is 5.97 Å². The highest BCUT2D eigenvalue weighted by Crippen LogP contribution is 2.21. The fourth-order valence-electron chi connectivity index (χ4n) is 1.78. The molecule has 0 atom stereocenters. The number of carbonyl (C=O) groups is 1. The standard InChI is InChI=1S/C11H21NO2S/c13-11(14)3-1-2-6-12-9-10-4-7-15-8-5-10/h10,12H,1-9H2,(H,13,14). The number of hydrogen-bond donors (Lipinski definition) is 2. The SMILES string of the molecule is O=C(O)CCCCNCC1CCSCC1. The Kier molecular flexibility index (Phi) is 6.85. The fraction of sp³-hybridized carbons (Fsp3) is 0.909. The maximum absolute atomic E-state index is 10.3. The Morgan fingerprint density at radius 2 is 2.07 bits per heavy atom. The summed E-state index contributed by atoms with van der Waals surface area (Å²) in [5.41, 5.74) is 0. The van der Waals surface area contributed by atoms with Gasteiger partial charge in [0, 0.05) is 6.42 Å². The van der Waals surface area contributed by atoms with Gasteiger partial charge in [-0.3, -0.25) is 4.79 Å². The highest BCUT2D eigenvalue weighted by atomic mass is 32.2. The lowest BCUT2D eigenvalue weighted by Gasteiger charge is -2.21. The largest absolute Gasteiger partial charge is 0.481 e. The summed E-state index contributed by atoms with van der Waals surface area (Å²) in [6, 6.07) is 0. The number of aliphatic carboxylic acids is 1. The minimum absolute atomic E-state index is 0.307. The molecule has 0 aromatic carbocycles. The summed E-state index contributed by atoms with van der Waals surface area (Å²) in [6.07, 6.45) is 4.76. The number of rotatable bonds is 7. The third-order valence-corrected chi connectivity index (χ3v) is 3.82. The molecule has 0 amide bonds. The van der Waals surface area contributed by atoms with Crippen molar-refractivity contribution in [3.8, 4) is 0 Å². The van der Waals surface area contributed by atoms with Crippen molar-refractivity contribution >= 4 is 17.7 Å². The van der Waals surface area contributed by atoms with Crippen molar-refractivity contribution in [1.29, 1.82) is 0 Å². The summed E-state index contributed by atoms with van der Waals surface area (Å²) >= 11 is 2.06. The lowest BCUT2D eigenvalue weighted by molar-refractivity contribution is -0.137. The average molecular weight is 231 g/mol. The number of carboxylic acid groups (broad SMARTS) is 1. The van der Waals surface area contributed by atoms with E-state index in [-0.39, 0.29) is 0 Å². The van der Waals surface area contributed by atoms with E-state index in [0.29, 0.717) is 6.42 Å². The van der Waals surface area contributed by atoms with Crippen LogP contribution in [0.4, 0.5) is 0 Å². The Labute approximate surface area is 96.0 Å². The zero-order valence-electron chi connectivity index (χ0n) is 9.21. The maximum Gasteiger partial charge on any atom is 0.303 e. The van der Waals surface area contributed by atoms with Crippen LogP contribution in [0.15, 0.2) is 0 Å². The van der Waals surface area contributed by atoms with Crippen LogP contribution in [-0.2, 0) is 4.79 Å². The summed E-state index contributed by atoms with van der Waals surface area (Å²) in [7, 11) is 0. The van der Waals surface area contributed by atoms with Crippen LogP contribution < -0.4 is 5.32 Å². The molecule has 1 rings (SSSR count). The monoisotopic (exact) mass is 231 g/mol. The molecule has 0 bridgehead atoms. The number of thioether (sulfide) groups is 1. The van der Waals surface area contributed by atoms with E-state index >= 15 is 0 Å². The van der Waals surface area contributed by atoms with Crippen molar-refractivity contribution in [3.63, 3.8) is 0 Å². The van der Waals surface area contributed by atoms with Gasteiger partial charge in [-0.25, -0.2) is 0 Å². The Hall–Kier alpha value is -0.220. The molecule has 0 aromatic heterocycles. The topological polar surface area (TPSA) is 49.3 Å². The molecule has 1 heterocycles. The van der Waals surface area contributed by atoms with Crippen LogP contribution in [-0.4, -0.2) is 35.7 Å².